The molecule has 31 heavy (non-hydrogen) atoms. The lowest BCUT2D eigenvalue weighted by atomic mass is 10.1. The number of nitrogens with zero attached hydrogens (tertiary/aromatic N) is 3. The van der Waals surface area contributed by atoms with Gasteiger partial charge in [0.1, 0.15) is 12.4 Å². The van der Waals surface area contributed by atoms with Gasteiger partial charge in [0, 0.05) is 29.8 Å². The number of nitro benzene ring substituents is 1. The SMILES string of the molecule is CC(C)N=C1S/C(=C/c2ccccc2OCc2cccc([N+](=O)[O-])c2)C(=O)N1C(C)C. The van der Waals surface area contributed by atoms with Gasteiger partial charge in [0.05, 0.1) is 9.83 Å². The number of hydrogen-bond acceptors (Lipinski definition) is 6. The normalized spacial score (nSPS) is 16.7. The van der Waals surface area contributed by atoms with Crippen LogP contribution >= 0.6 is 11.8 Å². The van der Waals surface area contributed by atoms with Crippen LogP contribution in [0, 0.1) is 10.1 Å². The average molecular weight is 440 g/mol. The molecule has 1 aliphatic heterocycles. The number of aliphatic imine (C=N–C) groups is 1. The molecule has 8 heteroatoms. The highest BCUT2D eigenvalue weighted by Gasteiger charge is 2.35. The Hall–Kier alpha value is -3.13. The van der Waals surface area contributed by atoms with E-state index in [1.54, 1.807) is 17.0 Å². The molecule has 1 fully saturated rings. The third kappa shape index (κ3) is 5.52. The fourth-order valence-corrected chi connectivity index (χ4v) is 4.27. The van der Waals surface area contributed by atoms with Crippen LogP contribution in [0.3, 0.4) is 0 Å². The van der Waals surface area contributed by atoms with Crippen molar-refractivity contribution in [3.8, 4) is 5.75 Å². The summed E-state index contributed by atoms with van der Waals surface area (Å²) < 4.78 is 5.94. The zero-order valence-electron chi connectivity index (χ0n) is 17.9. The van der Waals surface area contributed by atoms with Crippen molar-refractivity contribution in [3.05, 3.63) is 74.7 Å². The molecule has 3 rings (SSSR count). The van der Waals surface area contributed by atoms with Gasteiger partial charge >= 0.3 is 0 Å². The zero-order chi connectivity index (χ0) is 22.5. The largest absolute Gasteiger partial charge is 0.488 e. The van der Waals surface area contributed by atoms with Gasteiger partial charge in [-0.1, -0.05) is 30.3 Å². The molecule has 2 aromatic rings. The first kappa shape index (κ1) is 22.6. The molecule has 2 aromatic carbocycles. The van der Waals surface area contributed by atoms with Gasteiger partial charge in [0.15, 0.2) is 5.17 Å². The summed E-state index contributed by atoms with van der Waals surface area (Å²) in [5, 5.41) is 11.7. The molecule has 1 heterocycles. The fraction of sp³-hybridized carbons (Fsp3) is 0.304. The van der Waals surface area contributed by atoms with Crippen molar-refractivity contribution in [2.75, 3.05) is 0 Å². The molecule has 0 aromatic heterocycles. The van der Waals surface area contributed by atoms with Crippen LogP contribution in [-0.4, -0.2) is 33.0 Å². The summed E-state index contributed by atoms with van der Waals surface area (Å²) in [6.45, 7) is 8.08. The monoisotopic (exact) mass is 439 g/mol. The van der Waals surface area contributed by atoms with Crippen LogP contribution in [0.25, 0.3) is 6.08 Å². The predicted molar refractivity (Wildman–Crippen MR) is 124 cm³/mol. The maximum absolute atomic E-state index is 13.0. The maximum Gasteiger partial charge on any atom is 0.269 e. The minimum atomic E-state index is -0.429. The standard InChI is InChI=1S/C23H25N3O4S/c1-15(2)24-23-25(16(3)4)22(27)21(31-23)13-18-9-5-6-11-20(18)30-14-17-8-7-10-19(12-17)26(28)29/h5-13,15-16H,14H2,1-4H3/b21-13+,24-23?. The summed E-state index contributed by atoms with van der Waals surface area (Å²) in [7, 11) is 0. The van der Waals surface area contributed by atoms with Crippen molar-refractivity contribution in [2.45, 2.75) is 46.4 Å². The molecule has 162 valence electrons. The number of carbonyl (C=O) groups excluding carboxylic acids is 1. The van der Waals surface area contributed by atoms with Gasteiger partial charge in [-0.15, -0.1) is 0 Å². The van der Waals surface area contributed by atoms with E-state index in [4.69, 9.17) is 4.74 Å². The van der Waals surface area contributed by atoms with Crippen LogP contribution in [0.1, 0.15) is 38.8 Å². The number of rotatable bonds is 7. The van der Waals surface area contributed by atoms with E-state index in [0.29, 0.717) is 21.4 Å². The smallest absolute Gasteiger partial charge is 0.269 e. The van der Waals surface area contributed by atoms with Crippen LogP contribution in [0.4, 0.5) is 5.69 Å². The van der Waals surface area contributed by atoms with Crippen LogP contribution < -0.4 is 4.74 Å². The molecule has 0 aliphatic carbocycles. The van der Waals surface area contributed by atoms with E-state index in [9.17, 15) is 14.9 Å². The highest BCUT2D eigenvalue weighted by atomic mass is 32.2. The van der Waals surface area contributed by atoms with Crippen molar-refractivity contribution >= 4 is 34.6 Å². The quantitative estimate of drug-likeness (QED) is 0.334. The molecule has 0 radical (unpaired) electrons. The lowest BCUT2D eigenvalue weighted by Crippen LogP contribution is -2.35. The Morgan fingerprint density at radius 1 is 1.16 bits per heavy atom. The molecule has 7 nitrogen and oxygen atoms in total. The molecule has 0 unspecified atom stereocenters. The van der Waals surface area contributed by atoms with Crippen molar-refractivity contribution in [1.29, 1.82) is 0 Å². The Bertz CT molecular complexity index is 1050. The number of ether oxygens (including phenoxy) is 1. The summed E-state index contributed by atoms with van der Waals surface area (Å²) in [6.07, 6.45) is 1.81. The number of thioether (sulfide) groups is 1. The van der Waals surface area contributed by atoms with Crippen molar-refractivity contribution in [3.63, 3.8) is 0 Å². The fourth-order valence-electron chi connectivity index (χ4n) is 3.05. The number of benzene rings is 2. The van der Waals surface area contributed by atoms with Crippen LogP contribution in [0.15, 0.2) is 58.4 Å². The topological polar surface area (TPSA) is 85.0 Å². The van der Waals surface area contributed by atoms with Crippen LogP contribution in [0.2, 0.25) is 0 Å². The lowest BCUT2D eigenvalue weighted by molar-refractivity contribution is -0.384. The molecule has 0 bridgehead atoms. The van der Waals surface area contributed by atoms with E-state index in [1.807, 2.05) is 58.0 Å². The molecular formula is C23H25N3O4S. The summed E-state index contributed by atoms with van der Waals surface area (Å²) in [4.78, 5) is 30.4. The highest BCUT2D eigenvalue weighted by molar-refractivity contribution is 8.18. The number of non-ortho nitro benzene ring substituents is 1. The van der Waals surface area contributed by atoms with Gasteiger partial charge in [0.2, 0.25) is 0 Å². The molecule has 0 spiro atoms. The Morgan fingerprint density at radius 2 is 1.90 bits per heavy atom. The second-order valence-corrected chi connectivity index (χ2v) is 8.65. The molecule has 0 atom stereocenters. The number of nitro groups is 1. The van der Waals surface area contributed by atoms with E-state index in [-0.39, 0.29) is 30.3 Å². The molecule has 0 saturated carbocycles. The van der Waals surface area contributed by atoms with E-state index < -0.39 is 4.92 Å². The van der Waals surface area contributed by atoms with E-state index >= 15 is 0 Å². The molecule has 1 saturated heterocycles. The first-order chi connectivity index (χ1) is 14.8. The van der Waals surface area contributed by atoms with E-state index in [0.717, 1.165) is 5.56 Å². The second-order valence-electron chi connectivity index (χ2n) is 7.64. The summed E-state index contributed by atoms with van der Waals surface area (Å²) >= 11 is 1.36. The molecule has 1 amide bonds. The van der Waals surface area contributed by atoms with Gasteiger partial charge in [-0.2, -0.15) is 0 Å². The van der Waals surface area contributed by atoms with Gasteiger partial charge in [-0.3, -0.25) is 24.8 Å². The first-order valence-electron chi connectivity index (χ1n) is 10.0. The van der Waals surface area contributed by atoms with Gasteiger partial charge in [-0.25, -0.2) is 0 Å². The van der Waals surface area contributed by atoms with Crippen LogP contribution in [-0.2, 0) is 11.4 Å². The van der Waals surface area contributed by atoms with Gasteiger partial charge < -0.3 is 4.74 Å². The highest BCUT2D eigenvalue weighted by Crippen LogP contribution is 2.35. The van der Waals surface area contributed by atoms with Crippen molar-refractivity contribution < 1.29 is 14.5 Å². The summed E-state index contributed by atoms with van der Waals surface area (Å²) in [6, 6.07) is 13.9. The third-order valence-corrected chi connectivity index (χ3v) is 5.44. The number of amides is 1. The van der Waals surface area contributed by atoms with E-state index in [1.165, 1.54) is 23.9 Å². The second kappa shape index (κ2) is 9.78. The van der Waals surface area contributed by atoms with Crippen molar-refractivity contribution in [2.24, 2.45) is 4.99 Å². The Kier molecular flexibility index (Phi) is 7.12. The Balaban J connectivity index is 1.85. The minimum Gasteiger partial charge on any atom is -0.488 e. The number of para-hydroxylation sites is 1. The lowest BCUT2D eigenvalue weighted by Gasteiger charge is -2.20. The number of hydrogen-bond donors (Lipinski definition) is 0. The molecule has 0 N–H and O–H groups in total. The van der Waals surface area contributed by atoms with Gasteiger partial charge in [0.25, 0.3) is 11.6 Å². The third-order valence-electron chi connectivity index (χ3n) is 4.44. The summed E-state index contributed by atoms with van der Waals surface area (Å²) in [5.74, 6) is 0.521. The van der Waals surface area contributed by atoms with Crippen LogP contribution in [0.5, 0.6) is 5.75 Å². The zero-order valence-corrected chi connectivity index (χ0v) is 18.8. The first-order valence-corrected chi connectivity index (χ1v) is 10.8. The Labute approximate surface area is 186 Å². The minimum absolute atomic E-state index is 0.00349. The predicted octanol–water partition coefficient (Wildman–Crippen LogP) is 5.26. The Morgan fingerprint density at radius 3 is 2.58 bits per heavy atom. The molecule has 1 aliphatic rings. The molecular weight excluding hydrogens is 414 g/mol. The van der Waals surface area contributed by atoms with Gasteiger partial charge in [-0.05, 0) is 57.2 Å². The van der Waals surface area contributed by atoms with Crippen molar-refractivity contribution in [1.82, 2.24) is 4.90 Å². The summed E-state index contributed by atoms with van der Waals surface area (Å²) in [5.41, 5.74) is 1.48. The average Bonchev–Trinajstić information content (AvgIpc) is 3.01. The maximum atomic E-state index is 13.0. The van der Waals surface area contributed by atoms with E-state index in [2.05, 4.69) is 4.99 Å². The number of amidine groups is 1. The number of carbonyl (C=O) groups is 1.